The zero-order valence-corrected chi connectivity index (χ0v) is 13.2. The maximum absolute atomic E-state index is 12.4. The van der Waals surface area contributed by atoms with Crippen LogP contribution in [0.1, 0.15) is 65.7 Å². The number of hydrogen-bond donors (Lipinski definition) is 2. The molecule has 0 radical (unpaired) electrons. The summed E-state index contributed by atoms with van der Waals surface area (Å²) in [6.07, 6.45) is 7.10. The minimum atomic E-state index is -1.12. The highest BCUT2D eigenvalue weighted by molar-refractivity contribution is 7.13. The van der Waals surface area contributed by atoms with Gasteiger partial charge in [0.25, 0.3) is 5.91 Å². The van der Waals surface area contributed by atoms with Crippen LogP contribution in [-0.4, -0.2) is 34.1 Å². The van der Waals surface area contributed by atoms with Crippen molar-refractivity contribution in [2.75, 3.05) is 6.61 Å². The van der Waals surface area contributed by atoms with E-state index in [0.29, 0.717) is 17.7 Å². The zero-order chi connectivity index (χ0) is 15.6. The summed E-state index contributed by atoms with van der Waals surface area (Å²) in [7, 11) is 0. The molecule has 1 unspecified atom stereocenters. The molecule has 1 atom stereocenters. The lowest BCUT2D eigenvalue weighted by molar-refractivity contribution is -0.145. The Kier molecular flexibility index (Phi) is 4.44. The molecule has 3 rings (SSSR count). The second-order valence-electron chi connectivity index (χ2n) is 5.97. The predicted molar refractivity (Wildman–Crippen MR) is 81.0 cm³/mol. The van der Waals surface area contributed by atoms with E-state index in [9.17, 15) is 14.7 Å². The summed E-state index contributed by atoms with van der Waals surface area (Å²) in [4.78, 5) is 28.7. The molecule has 6 nitrogen and oxygen atoms in total. The maximum atomic E-state index is 12.4. The Morgan fingerprint density at radius 1 is 1.32 bits per heavy atom. The van der Waals surface area contributed by atoms with E-state index in [-0.39, 0.29) is 12.0 Å². The third-order valence-electron chi connectivity index (χ3n) is 4.42. The second-order valence-corrected chi connectivity index (χ2v) is 7.03. The van der Waals surface area contributed by atoms with Crippen molar-refractivity contribution in [2.45, 2.75) is 56.6 Å². The van der Waals surface area contributed by atoms with Crippen LogP contribution in [0.15, 0.2) is 6.20 Å². The van der Waals surface area contributed by atoms with E-state index in [1.807, 2.05) is 0 Å². The summed E-state index contributed by atoms with van der Waals surface area (Å²) in [6, 6.07) is 0. The quantitative estimate of drug-likeness (QED) is 0.888. The summed E-state index contributed by atoms with van der Waals surface area (Å²) in [6.45, 7) is 0.730. The molecule has 1 saturated heterocycles. The number of nitrogens with one attached hydrogen (secondary N) is 1. The van der Waals surface area contributed by atoms with Crippen molar-refractivity contribution >= 4 is 23.2 Å². The summed E-state index contributed by atoms with van der Waals surface area (Å²) in [5.74, 6) is -1.28. The number of nitrogens with zero attached hydrogens (tertiary/aromatic N) is 1. The lowest BCUT2D eigenvalue weighted by atomic mass is 9.81. The van der Waals surface area contributed by atoms with Gasteiger partial charge in [0.1, 0.15) is 21.5 Å². The number of aromatic nitrogens is 1. The van der Waals surface area contributed by atoms with E-state index >= 15 is 0 Å². The van der Waals surface area contributed by atoms with Gasteiger partial charge in [-0.3, -0.25) is 4.79 Å². The molecular formula is C15H20N2O4S. The van der Waals surface area contributed by atoms with E-state index in [1.165, 1.54) is 17.5 Å². The Morgan fingerprint density at radius 2 is 2.09 bits per heavy atom. The molecule has 2 fully saturated rings. The number of hydrogen-bond acceptors (Lipinski definition) is 5. The van der Waals surface area contributed by atoms with Gasteiger partial charge in [0, 0.05) is 6.61 Å². The molecule has 0 spiro atoms. The van der Waals surface area contributed by atoms with Gasteiger partial charge in [-0.15, -0.1) is 11.3 Å². The number of carboxylic acid groups (broad SMARTS) is 1. The molecule has 1 amide bonds. The highest BCUT2D eigenvalue weighted by atomic mass is 32.1. The first-order valence-electron chi connectivity index (χ1n) is 7.74. The van der Waals surface area contributed by atoms with Crippen molar-refractivity contribution in [3.63, 3.8) is 0 Å². The van der Waals surface area contributed by atoms with Crippen LogP contribution in [0.5, 0.6) is 0 Å². The SMILES string of the molecule is O=C(NC1(C(=O)O)CCCCC1)c1cnc(C2CCCO2)s1. The number of rotatable bonds is 4. The fourth-order valence-electron chi connectivity index (χ4n) is 3.14. The van der Waals surface area contributed by atoms with Crippen LogP contribution in [0.25, 0.3) is 0 Å². The van der Waals surface area contributed by atoms with Crippen molar-refractivity contribution in [3.05, 3.63) is 16.1 Å². The fraction of sp³-hybridized carbons (Fsp3) is 0.667. The Morgan fingerprint density at radius 3 is 2.73 bits per heavy atom. The Balaban J connectivity index is 1.71. The average Bonchev–Trinajstić information content (AvgIpc) is 3.19. The molecule has 2 N–H and O–H groups in total. The summed E-state index contributed by atoms with van der Waals surface area (Å²) < 4.78 is 5.56. The van der Waals surface area contributed by atoms with Crippen molar-refractivity contribution in [1.29, 1.82) is 0 Å². The molecule has 120 valence electrons. The third-order valence-corrected chi connectivity index (χ3v) is 5.51. The van der Waals surface area contributed by atoms with Crippen LogP contribution in [0, 0.1) is 0 Å². The fourth-order valence-corrected chi connectivity index (χ4v) is 4.04. The molecule has 1 saturated carbocycles. The molecule has 0 bridgehead atoms. The molecule has 1 aliphatic heterocycles. The van der Waals surface area contributed by atoms with Crippen LogP contribution < -0.4 is 5.32 Å². The van der Waals surface area contributed by atoms with E-state index in [0.717, 1.165) is 43.7 Å². The molecule has 1 aromatic rings. The Labute approximate surface area is 132 Å². The number of amides is 1. The van der Waals surface area contributed by atoms with E-state index in [1.54, 1.807) is 0 Å². The largest absolute Gasteiger partial charge is 0.480 e. The minimum absolute atomic E-state index is 0.0188. The topological polar surface area (TPSA) is 88.5 Å². The van der Waals surface area contributed by atoms with Crippen LogP contribution in [0.3, 0.4) is 0 Å². The van der Waals surface area contributed by atoms with Crippen LogP contribution in [-0.2, 0) is 9.53 Å². The zero-order valence-electron chi connectivity index (χ0n) is 12.3. The summed E-state index contributed by atoms with van der Waals surface area (Å²) in [5, 5.41) is 13.1. The number of ether oxygens (including phenoxy) is 1. The van der Waals surface area contributed by atoms with Crippen molar-refractivity contribution in [2.24, 2.45) is 0 Å². The lowest BCUT2D eigenvalue weighted by Crippen LogP contribution is -2.55. The molecule has 2 aliphatic rings. The van der Waals surface area contributed by atoms with Crippen molar-refractivity contribution in [1.82, 2.24) is 10.3 Å². The number of carbonyl (C=O) groups excluding carboxylic acids is 1. The first kappa shape index (κ1) is 15.4. The molecular weight excluding hydrogens is 304 g/mol. The molecule has 7 heteroatoms. The standard InChI is InChI=1S/C15H20N2O4S/c18-12(17-15(14(19)20)6-2-1-3-7-15)11-9-16-13(22-11)10-5-4-8-21-10/h9-10H,1-8H2,(H,17,18)(H,19,20). The first-order chi connectivity index (χ1) is 10.6. The lowest BCUT2D eigenvalue weighted by Gasteiger charge is -2.33. The molecule has 0 aromatic carbocycles. The van der Waals surface area contributed by atoms with Crippen molar-refractivity contribution in [3.8, 4) is 0 Å². The summed E-state index contributed by atoms with van der Waals surface area (Å²) >= 11 is 1.30. The maximum Gasteiger partial charge on any atom is 0.329 e. The Hall–Kier alpha value is -1.47. The van der Waals surface area contributed by atoms with Gasteiger partial charge in [0.05, 0.1) is 6.20 Å². The molecule has 22 heavy (non-hydrogen) atoms. The number of carbonyl (C=O) groups is 2. The molecule has 1 aromatic heterocycles. The number of aliphatic carboxylic acids is 1. The minimum Gasteiger partial charge on any atom is -0.480 e. The van der Waals surface area contributed by atoms with Crippen molar-refractivity contribution < 1.29 is 19.4 Å². The predicted octanol–water partition coefficient (Wildman–Crippen LogP) is 2.51. The van der Waals surface area contributed by atoms with Gasteiger partial charge in [-0.2, -0.15) is 0 Å². The highest BCUT2D eigenvalue weighted by Crippen LogP contribution is 2.32. The molecule has 1 aliphatic carbocycles. The smallest absolute Gasteiger partial charge is 0.329 e. The number of carboxylic acids is 1. The summed E-state index contributed by atoms with van der Waals surface area (Å²) in [5.41, 5.74) is -1.12. The van der Waals surface area contributed by atoms with E-state index < -0.39 is 11.5 Å². The van der Waals surface area contributed by atoms with Gasteiger partial charge in [-0.25, -0.2) is 9.78 Å². The third kappa shape index (κ3) is 3.01. The second kappa shape index (κ2) is 6.34. The van der Waals surface area contributed by atoms with Gasteiger partial charge in [0.15, 0.2) is 0 Å². The first-order valence-corrected chi connectivity index (χ1v) is 8.56. The van der Waals surface area contributed by atoms with E-state index in [4.69, 9.17) is 4.74 Å². The van der Waals surface area contributed by atoms with Gasteiger partial charge in [0.2, 0.25) is 0 Å². The van der Waals surface area contributed by atoms with Crippen LogP contribution in [0.4, 0.5) is 0 Å². The van der Waals surface area contributed by atoms with Gasteiger partial charge in [-0.05, 0) is 25.7 Å². The van der Waals surface area contributed by atoms with Crippen LogP contribution >= 0.6 is 11.3 Å². The van der Waals surface area contributed by atoms with Gasteiger partial charge >= 0.3 is 5.97 Å². The van der Waals surface area contributed by atoms with Crippen LogP contribution in [0.2, 0.25) is 0 Å². The van der Waals surface area contributed by atoms with Gasteiger partial charge in [-0.1, -0.05) is 19.3 Å². The van der Waals surface area contributed by atoms with E-state index in [2.05, 4.69) is 10.3 Å². The highest BCUT2D eigenvalue weighted by Gasteiger charge is 2.41. The monoisotopic (exact) mass is 324 g/mol. The normalized spacial score (nSPS) is 24.1. The molecule has 2 heterocycles. The Bertz CT molecular complexity index is 560. The van der Waals surface area contributed by atoms with Gasteiger partial charge < -0.3 is 15.2 Å². The number of thiazole rings is 1. The average molecular weight is 324 g/mol.